The molecule has 12 heteroatoms. The highest BCUT2D eigenvalue weighted by atomic mass is 16.3. The molecule has 3 rings (SSSR count). The number of fused-ring (bicyclic) bond motifs is 1. The van der Waals surface area contributed by atoms with E-state index < -0.39 is 59.4 Å². The van der Waals surface area contributed by atoms with Crippen molar-refractivity contribution in [3.8, 4) is 0 Å². The Morgan fingerprint density at radius 2 is 1.79 bits per heavy atom. The summed E-state index contributed by atoms with van der Waals surface area (Å²) in [6, 6.07) is -3.47. The van der Waals surface area contributed by atoms with Crippen LogP contribution >= 0.6 is 0 Å². The molecule has 218 valence electrons. The number of amides is 6. The minimum Gasteiger partial charge on any atom is -0.381 e. The number of carbonyl (C=O) groups is 5. The van der Waals surface area contributed by atoms with Gasteiger partial charge in [-0.3, -0.25) is 19.2 Å². The smallest absolute Gasteiger partial charge is 0.315 e. The van der Waals surface area contributed by atoms with Crippen molar-refractivity contribution in [2.75, 3.05) is 13.1 Å². The number of likely N-dealkylation sites (tertiary alicyclic amines) is 1. The van der Waals surface area contributed by atoms with E-state index in [1.807, 2.05) is 13.8 Å². The average Bonchev–Trinajstić information content (AvgIpc) is 3.14. The van der Waals surface area contributed by atoms with Gasteiger partial charge in [0.25, 0.3) is 0 Å². The Kier molecular flexibility index (Phi) is 8.99. The fraction of sp³-hybridized carbons (Fsp3) is 0.741. The molecule has 0 radical (unpaired) electrons. The summed E-state index contributed by atoms with van der Waals surface area (Å²) < 4.78 is 0. The van der Waals surface area contributed by atoms with Crippen molar-refractivity contribution >= 4 is 29.7 Å². The molecule has 1 heterocycles. The molecule has 1 saturated heterocycles. The second-order valence-electron chi connectivity index (χ2n) is 12.7. The van der Waals surface area contributed by atoms with Crippen LogP contribution in [0.5, 0.6) is 0 Å². The molecular weight excluding hydrogens is 504 g/mol. The van der Waals surface area contributed by atoms with Gasteiger partial charge in [-0.15, -0.1) is 0 Å². The van der Waals surface area contributed by atoms with Crippen molar-refractivity contribution in [3.63, 3.8) is 0 Å². The topological polar surface area (TPSA) is 183 Å². The number of hydrogen-bond donors (Lipinski definition) is 6. The molecule has 0 aromatic heterocycles. The van der Waals surface area contributed by atoms with Gasteiger partial charge in [-0.25, -0.2) is 4.79 Å². The first-order valence-corrected chi connectivity index (χ1v) is 13.6. The van der Waals surface area contributed by atoms with Gasteiger partial charge in [-0.05, 0) is 56.4 Å². The number of aliphatic hydroxyl groups excluding tert-OH is 1. The molecule has 5 unspecified atom stereocenters. The zero-order valence-electron chi connectivity index (χ0n) is 23.6. The second kappa shape index (κ2) is 11.5. The Bertz CT molecular complexity index is 1000. The third kappa shape index (κ3) is 7.09. The second-order valence-corrected chi connectivity index (χ2v) is 12.7. The van der Waals surface area contributed by atoms with Crippen molar-refractivity contribution in [1.82, 2.24) is 26.2 Å². The molecule has 0 bridgehead atoms. The quantitative estimate of drug-likeness (QED) is 0.194. The van der Waals surface area contributed by atoms with Crippen LogP contribution in [-0.4, -0.2) is 82.5 Å². The van der Waals surface area contributed by atoms with Gasteiger partial charge in [0.2, 0.25) is 23.6 Å². The molecule has 0 aromatic carbocycles. The molecule has 2 aliphatic carbocycles. The maximum absolute atomic E-state index is 13.8. The van der Waals surface area contributed by atoms with Crippen molar-refractivity contribution in [2.24, 2.45) is 28.9 Å². The van der Waals surface area contributed by atoms with Crippen LogP contribution in [0.1, 0.15) is 60.3 Å². The Morgan fingerprint density at radius 1 is 1.15 bits per heavy atom. The fourth-order valence-electron chi connectivity index (χ4n) is 5.84. The Hall–Kier alpha value is -3.15. The van der Waals surface area contributed by atoms with E-state index in [9.17, 15) is 29.1 Å². The van der Waals surface area contributed by atoms with Gasteiger partial charge in [0.1, 0.15) is 12.1 Å². The number of nitrogens with one attached hydrogen (secondary N) is 4. The van der Waals surface area contributed by atoms with Gasteiger partial charge in [0.05, 0.1) is 6.04 Å². The summed E-state index contributed by atoms with van der Waals surface area (Å²) in [6.45, 7) is 13.0. The predicted octanol–water partition coefficient (Wildman–Crippen LogP) is -0.241. The van der Waals surface area contributed by atoms with Gasteiger partial charge in [-0.1, -0.05) is 39.7 Å². The van der Waals surface area contributed by atoms with E-state index in [-0.39, 0.29) is 29.7 Å². The van der Waals surface area contributed by atoms with E-state index >= 15 is 0 Å². The SMILES string of the molecule is C=CC(=O)NC[C@H](NC(=O)NC(C)(C)C)C(=O)N1CC2C(C1C(=O)NC(CC1CCC1)C(O)C(N)=O)C2(C)C. The van der Waals surface area contributed by atoms with Crippen LogP contribution in [0, 0.1) is 23.2 Å². The minimum atomic E-state index is -1.55. The average molecular weight is 549 g/mol. The number of rotatable bonds is 11. The lowest BCUT2D eigenvalue weighted by atomic mass is 9.79. The lowest BCUT2D eigenvalue weighted by molar-refractivity contribution is -0.143. The normalized spacial score (nSPS) is 25.7. The summed E-state index contributed by atoms with van der Waals surface area (Å²) >= 11 is 0. The van der Waals surface area contributed by atoms with Crippen LogP contribution in [0.25, 0.3) is 0 Å². The van der Waals surface area contributed by atoms with Gasteiger partial charge in [0.15, 0.2) is 6.10 Å². The first kappa shape index (κ1) is 30.4. The van der Waals surface area contributed by atoms with Crippen LogP contribution in [0.2, 0.25) is 0 Å². The van der Waals surface area contributed by atoms with E-state index in [0.29, 0.717) is 13.0 Å². The Morgan fingerprint density at radius 3 is 2.31 bits per heavy atom. The summed E-state index contributed by atoms with van der Waals surface area (Å²) in [7, 11) is 0. The number of piperidine rings is 1. The van der Waals surface area contributed by atoms with Crippen molar-refractivity contribution < 1.29 is 29.1 Å². The lowest BCUT2D eigenvalue weighted by Gasteiger charge is -2.36. The van der Waals surface area contributed by atoms with E-state index in [0.717, 1.165) is 25.3 Å². The molecule has 0 spiro atoms. The first-order chi connectivity index (χ1) is 18.1. The zero-order valence-corrected chi connectivity index (χ0v) is 23.6. The maximum atomic E-state index is 13.8. The molecule has 1 aliphatic heterocycles. The van der Waals surface area contributed by atoms with Crippen LogP contribution in [-0.2, 0) is 19.2 Å². The van der Waals surface area contributed by atoms with Crippen LogP contribution in [0.15, 0.2) is 12.7 Å². The molecule has 2 saturated carbocycles. The van der Waals surface area contributed by atoms with Crippen LogP contribution in [0.3, 0.4) is 0 Å². The van der Waals surface area contributed by atoms with Crippen LogP contribution in [0.4, 0.5) is 4.79 Å². The van der Waals surface area contributed by atoms with Crippen LogP contribution < -0.4 is 27.0 Å². The summed E-state index contributed by atoms with van der Waals surface area (Å²) in [5.41, 5.74) is 4.61. The molecule has 0 aromatic rings. The van der Waals surface area contributed by atoms with Crippen molar-refractivity contribution in [3.05, 3.63) is 12.7 Å². The zero-order chi connectivity index (χ0) is 29.3. The standard InChI is InChI=1S/C27H44N6O6/c1-7-18(34)29-12-17(31-25(39)32-26(2,3)4)24(38)33-13-15-19(27(15,5)6)20(33)23(37)30-16(21(35)22(28)36)11-14-9-8-10-14/h7,14-17,19-21,35H,1,8-13H2,2-6H3,(H2,28,36)(H,29,34)(H,30,37)(H2,31,32,39)/t15?,16?,17-,19?,20?,21?/m0/s1. The monoisotopic (exact) mass is 548 g/mol. The largest absolute Gasteiger partial charge is 0.381 e. The number of urea groups is 1. The number of nitrogens with zero attached hydrogens (tertiary/aromatic N) is 1. The van der Waals surface area contributed by atoms with Gasteiger partial charge >= 0.3 is 6.03 Å². The van der Waals surface area contributed by atoms with E-state index in [1.165, 1.54) is 4.90 Å². The molecule has 7 N–H and O–H groups in total. The maximum Gasteiger partial charge on any atom is 0.315 e. The number of carbonyl (C=O) groups excluding carboxylic acids is 5. The molecule has 6 amide bonds. The number of aliphatic hydroxyl groups is 1. The van der Waals surface area contributed by atoms with Crippen molar-refractivity contribution in [1.29, 1.82) is 0 Å². The molecular formula is C27H44N6O6. The summed E-state index contributed by atoms with van der Waals surface area (Å²) in [6.07, 6.45) is 2.88. The fourth-order valence-corrected chi connectivity index (χ4v) is 5.84. The molecule has 3 aliphatic rings. The third-order valence-corrected chi connectivity index (χ3v) is 8.33. The molecule has 3 fully saturated rings. The van der Waals surface area contributed by atoms with E-state index in [4.69, 9.17) is 5.73 Å². The van der Waals surface area contributed by atoms with Crippen molar-refractivity contribution in [2.45, 2.75) is 90.1 Å². The number of nitrogens with two attached hydrogens (primary N) is 1. The summed E-state index contributed by atoms with van der Waals surface area (Å²) in [4.78, 5) is 65.2. The minimum absolute atomic E-state index is 0.0650. The molecule has 12 nitrogen and oxygen atoms in total. The van der Waals surface area contributed by atoms with Gasteiger partial charge in [-0.2, -0.15) is 0 Å². The highest BCUT2D eigenvalue weighted by molar-refractivity contribution is 5.94. The Labute approximate surface area is 229 Å². The first-order valence-electron chi connectivity index (χ1n) is 13.6. The third-order valence-electron chi connectivity index (χ3n) is 8.33. The van der Waals surface area contributed by atoms with Gasteiger partial charge in [0, 0.05) is 18.6 Å². The van der Waals surface area contributed by atoms with E-state index in [1.54, 1.807) is 20.8 Å². The number of hydrogen-bond acceptors (Lipinski definition) is 6. The highest BCUT2D eigenvalue weighted by Crippen LogP contribution is 2.64. The lowest BCUT2D eigenvalue weighted by Crippen LogP contribution is -2.61. The predicted molar refractivity (Wildman–Crippen MR) is 144 cm³/mol. The number of primary amides is 1. The molecule has 39 heavy (non-hydrogen) atoms. The summed E-state index contributed by atoms with van der Waals surface area (Å²) in [5, 5.41) is 21.2. The van der Waals surface area contributed by atoms with Gasteiger partial charge < -0.3 is 37.0 Å². The highest BCUT2D eigenvalue weighted by Gasteiger charge is 2.69. The molecule has 6 atom stereocenters. The Balaban J connectivity index is 1.82. The van der Waals surface area contributed by atoms with E-state index in [2.05, 4.69) is 27.8 Å². The summed E-state index contributed by atoms with van der Waals surface area (Å²) in [5.74, 6) is -2.21.